The van der Waals surface area contributed by atoms with Crippen LogP contribution in [-0.4, -0.2) is 50.8 Å². The number of aromatic nitrogens is 2. The van der Waals surface area contributed by atoms with Crippen LogP contribution < -0.4 is 15.4 Å². The molecule has 0 saturated heterocycles. The maximum atomic E-state index is 11.6. The number of nitrogens with zero attached hydrogens (tertiary/aromatic N) is 2. The largest absolute Gasteiger partial charge is 0.461 e. The highest BCUT2D eigenvalue weighted by molar-refractivity contribution is 7.89. The van der Waals surface area contributed by atoms with Gasteiger partial charge in [-0.1, -0.05) is 0 Å². The van der Waals surface area contributed by atoms with E-state index in [4.69, 9.17) is 4.42 Å². The zero-order chi connectivity index (χ0) is 17.0. The van der Waals surface area contributed by atoms with E-state index in [0.717, 1.165) is 37.2 Å². The number of furan rings is 1. The molecule has 9 heteroatoms. The normalized spacial score (nSPS) is 14.9. The molecule has 0 radical (unpaired) electrons. The summed E-state index contributed by atoms with van der Waals surface area (Å²) in [5.74, 6) is 1.78. The van der Waals surface area contributed by atoms with Crippen molar-refractivity contribution < 1.29 is 12.8 Å². The van der Waals surface area contributed by atoms with E-state index in [1.165, 1.54) is 7.05 Å². The standard InChI is InChI=1S/C15H21N5O3S/c1-16-24(21,22)10-8-18-14-11-4-6-17-7-5-12(11)19-15(20-14)13-3-2-9-23-13/h2-3,9,16-17H,4-8,10H2,1H3,(H,18,19,20). The smallest absolute Gasteiger partial charge is 0.213 e. The lowest BCUT2D eigenvalue weighted by atomic mass is 10.1. The summed E-state index contributed by atoms with van der Waals surface area (Å²) in [4.78, 5) is 9.19. The van der Waals surface area contributed by atoms with Crippen LogP contribution in [-0.2, 0) is 22.9 Å². The van der Waals surface area contributed by atoms with Gasteiger partial charge in [-0.05, 0) is 32.1 Å². The van der Waals surface area contributed by atoms with Gasteiger partial charge in [-0.15, -0.1) is 0 Å². The highest BCUT2D eigenvalue weighted by atomic mass is 32.2. The Balaban J connectivity index is 1.89. The Morgan fingerprint density at radius 2 is 2.12 bits per heavy atom. The Labute approximate surface area is 141 Å². The van der Waals surface area contributed by atoms with Gasteiger partial charge in [-0.2, -0.15) is 0 Å². The number of hydrogen-bond donors (Lipinski definition) is 3. The van der Waals surface area contributed by atoms with E-state index in [-0.39, 0.29) is 12.3 Å². The van der Waals surface area contributed by atoms with Crippen molar-refractivity contribution >= 4 is 15.8 Å². The van der Waals surface area contributed by atoms with Crippen LogP contribution in [0.4, 0.5) is 5.82 Å². The SMILES string of the molecule is CNS(=O)(=O)CCNc1nc(-c2ccco2)nc2c1CCNCC2. The molecule has 0 bridgehead atoms. The van der Waals surface area contributed by atoms with Crippen LogP contribution in [0.5, 0.6) is 0 Å². The Kier molecular flexibility index (Phi) is 5.12. The summed E-state index contributed by atoms with van der Waals surface area (Å²) in [7, 11) is -1.85. The van der Waals surface area contributed by atoms with Crippen LogP contribution in [0, 0.1) is 0 Å². The molecule has 2 aromatic heterocycles. The van der Waals surface area contributed by atoms with Crippen LogP contribution in [0.25, 0.3) is 11.6 Å². The Bertz CT molecular complexity index is 790. The fourth-order valence-corrected chi connectivity index (χ4v) is 3.19. The third-order valence-electron chi connectivity index (χ3n) is 3.90. The predicted octanol–water partition coefficient (Wildman–Crippen LogP) is 0.386. The maximum Gasteiger partial charge on any atom is 0.213 e. The molecule has 3 N–H and O–H groups in total. The molecule has 1 aliphatic heterocycles. The minimum absolute atomic E-state index is 0.0173. The summed E-state index contributed by atoms with van der Waals surface area (Å²) >= 11 is 0. The molecule has 24 heavy (non-hydrogen) atoms. The summed E-state index contributed by atoms with van der Waals surface area (Å²) in [5.41, 5.74) is 2.01. The maximum absolute atomic E-state index is 11.6. The van der Waals surface area contributed by atoms with Gasteiger partial charge in [0.05, 0.1) is 17.7 Å². The van der Waals surface area contributed by atoms with Gasteiger partial charge in [-0.3, -0.25) is 0 Å². The second-order valence-electron chi connectivity index (χ2n) is 5.50. The highest BCUT2D eigenvalue weighted by Gasteiger charge is 2.18. The lowest BCUT2D eigenvalue weighted by molar-refractivity contribution is 0.576. The van der Waals surface area contributed by atoms with E-state index in [9.17, 15) is 8.42 Å². The minimum atomic E-state index is -3.26. The van der Waals surface area contributed by atoms with Gasteiger partial charge in [0.2, 0.25) is 10.0 Å². The molecule has 0 fully saturated rings. The molecule has 130 valence electrons. The van der Waals surface area contributed by atoms with Crippen molar-refractivity contribution in [1.82, 2.24) is 20.0 Å². The molecule has 0 aromatic carbocycles. The van der Waals surface area contributed by atoms with E-state index in [1.807, 2.05) is 6.07 Å². The molecule has 3 heterocycles. The van der Waals surface area contributed by atoms with E-state index in [2.05, 4.69) is 25.3 Å². The Morgan fingerprint density at radius 1 is 1.29 bits per heavy atom. The van der Waals surface area contributed by atoms with Gasteiger partial charge < -0.3 is 15.1 Å². The van der Waals surface area contributed by atoms with Crippen molar-refractivity contribution in [2.24, 2.45) is 0 Å². The number of rotatable bonds is 6. The fraction of sp³-hybridized carbons (Fsp3) is 0.467. The molecule has 0 unspecified atom stereocenters. The number of anilines is 1. The monoisotopic (exact) mass is 351 g/mol. The van der Waals surface area contributed by atoms with Crippen LogP contribution in [0.15, 0.2) is 22.8 Å². The quantitative estimate of drug-likeness (QED) is 0.690. The molecule has 2 aromatic rings. The molecule has 8 nitrogen and oxygen atoms in total. The molecule has 0 aliphatic carbocycles. The first-order valence-corrected chi connectivity index (χ1v) is 9.54. The van der Waals surface area contributed by atoms with Crippen LogP contribution in [0.1, 0.15) is 11.3 Å². The van der Waals surface area contributed by atoms with E-state index in [0.29, 0.717) is 17.4 Å². The zero-order valence-electron chi connectivity index (χ0n) is 13.5. The molecule has 3 rings (SSSR count). The van der Waals surface area contributed by atoms with Gasteiger partial charge in [0, 0.05) is 25.1 Å². The predicted molar refractivity (Wildman–Crippen MR) is 91.3 cm³/mol. The average Bonchev–Trinajstić information content (AvgIpc) is 3.00. The van der Waals surface area contributed by atoms with Crippen molar-refractivity contribution in [3.05, 3.63) is 29.7 Å². The summed E-state index contributed by atoms with van der Waals surface area (Å²) in [5, 5.41) is 6.49. The van der Waals surface area contributed by atoms with Gasteiger partial charge in [-0.25, -0.2) is 23.1 Å². The highest BCUT2D eigenvalue weighted by Crippen LogP contribution is 2.24. The number of nitrogens with one attached hydrogen (secondary N) is 3. The van der Waals surface area contributed by atoms with Crippen LogP contribution >= 0.6 is 0 Å². The molecule has 1 aliphatic rings. The molecule has 0 atom stereocenters. The molecular formula is C15H21N5O3S. The van der Waals surface area contributed by atoms with E-state index in [1.54, 1.807) is 12.3 Å². The zero-order valence-corrected chi connectivity index (χ0v) is 14.3. The lowest BCUT2D eigenvalue weighted by Crippen LogP contribution is -2.26. The molecular weight excluding hydrogens is 330 g/mol. The molecule has 0 spiro atoms. The first-order chi connectivity index (χ1) is 11.6. The first-order valence-electron chi connectivity index (χ1n) is 7.88. The number of sulfonamides is 1. The summed E-state index contributed by atoms with van der Waals surface area (Å²) in [6, 6.07) is 3.60. The number of hydrogen-bond acceptors (Lipinski definition) is 7. The van der Waals surface area contributed by atoms with Gasteiger partial charge >= 0.3 is 0 Å². The fourth-order valence-electron chi connectivity index (χ4n) is 2.61. The summed E-state index contributed by atoms with van der Waals surface area (Å²) < 4.78 is 30.9. The average molecular weight is 351 g/mol. The van der Waals surface area contributed by atoms with E-state index < -0.39 is 10.0 Å². The lowest BCUT2D eigenvalue weighted by Gasteiger charge is -2.14. The third-order valence-corrected chi connectivity index (χ3v) is 5.26. The van der Waals surface area contributed by atoms with Gasteiger partial charge in [0.15, 0.2) is 11.6 Å². The molecule has 0 saturated carbocycles. The Hall–Kier alpha value is -1.97. The van der Waals surface area contributed by atoms with Crippen molar-refractivity contribution in [2.75, 3.05) is 37.8 Å². The minimum Gasteiger partial charge on any atom is -0.461 e. The second kappa shape index (κ2) is 7.29. The van der Waals surface area contributed by atoms with Crippen molar-refractivity contribution in [1.29, 1.82) is 0 Å². The van der Waals surface area contributed by atoms with Crippen LogP contribution in [0.2, 0.25) is 0 Å². The Morgan fingerprint density at radius 3 is 2.88 bits per heavy atom. The third kappa shape index (κ3) is 3.92. The summed E-state index contributed by atoms with van der Waals surface area (Å²) in [6.07, 6.45) is 3.18. The second-order valence-corrected chi connectivity index (χ2v) is 7.54. The van der Waals surface area contributed by atoms with Crippen molar-refractivity contribution in [3.8, 4) is 11.6 Å². The van der Waals surface area contributed by atoms with Gasteiger partial charge in [0.25, 0.3) is 0 Å². The van der Waals surface area contributed by atoms with Crippen LogP contribution in [0.3, 0.4) is 0 Å². The number of fused-ring (bicyclic) bond motifs is 1. The topological polar surface area (TPSA) is 109 Å². The first kappa shape index (κ1) is 16.9. The molecule has 0 amide bonds. The summed E-state index contributed by atoms with van der Waals surface area (Å²) in [6.45, 7) is 1.98. The van der Waals surface area contributed by atoms with Gasteiger partial charge in [0.1, 0.15) is 5.82 Å². The van der Waals surface area contributed by atoms with Crippen molar-refractivity contribution in [3.63, 3.8) is 0 Å². The van der Waals surface area contributed by atoms with E-state index >= 15 is 0 Å². The van der Waals surface area contributed by atoms with Crippen molar-refractivity contribution in [2.45, 2.75) is 12.8 Å².